The molecule has 0 radical (unpaired) electrons. The van der Waals surface area contributed by atoms with Gasteiger partial charge in [-0.1, -0.05) is 58.4 Å². The monoisotopic (exact) mass is 536 g/mol. The van der Waals surface area contributed by atoms with Gasteiger partial charge in [0.05, 0.1) is 22.0 Å². The van der Waals surface area contributed by atoms with Crippen molar-refractivity contribution in [1.82, 2.24) is 9.66 Å². The molecule has 0 saturated heterocycles. The van der Waals surface area contributed by atoms with Crippen LogP contribution in [0.2, 0.25) is 0 Å². The Kier molecular flexibility index (Phi) is 6.69. The van der Waals surface area contributed by atoms with Crippen LogP contribution in [0.4, 0.5) is 5.69 Å². The summed E-state index contributed by atoms with van der Waals surface area (Å²) in [5.74, 6) is -1.33. The van der Waals surface area contributed by atoms with Crippen LogP contribution in [0.1, 0.15) is 12.5 Å². The maximum absolute atomic E-state index is 13.3. The molecule has 1 atom stereocenters. The number of carboxylic acid groups (broad SMARTS) is 1. The zero-order valence-electron chi connectivity index (χ0n) is 18.2. The summed E-state index contributed by atoms with van der Waals surface area (Å²) in [6, 6.07) is 18.4. The number of para-hydroxylation sites is 1. The van der Waals surface area contributed by atoms with Crippen molar-refractivity contribution < 1.29 is 19.6 Å². The fraction of sp³-hybridized carbons (Fsp3) is 0.0833. The van der Waals surface area contributed by atoms with Gasteiger partial charge in [-0.15, -0.1) is 0 Å². The lowest BCUT2D eigenvalue weighted by Gasteiger charge is -2.14. The molecule has 10 nitrogen and oxygen atoms in total. The maximum Gasteiger partial charge on any atom is 0.344 e. The smallest absolute Gasteiger partial charge is 0.344 e. The predicted molar refractivity (Wildman–Crippen MR) is 133 cm³/mol. The van der Waals surface area contributed by atoms with Crippen LogP contribution in [-0.4, -0.2) is 38.0 Å². The fourth-order valence-electron chi connectivity index (χ4n) is 3.31. The number of aliphatic carboxylic acids is 1. The summed E-state index contributed by atoms with van der Waals surface area (Å²) in [6.07, 6.45) is -0.168. The highest BCUT2D eigenvalue weighted by Gasteiger charge is 2.25. The number of nitro groups is 1. The molecule has 1 N–H and O–H groups in total. The van der Waals surface area contributed by atoms with Gasteiger partial charge in [0.25, 0.3) is 5.56 Å². The first kappa shape index (κ1) is 23.8. The summed E-state index contributed by atoms with van der Waals surface area (Å²) < 4.78 is 6.83. The van der Waals surface area contributed by atoms with Gasteiger partial charge in [0.1, 0.15) is 0 Å². The molecular weight excluding hydrogens is 520 g/mol. The number of carboxylic acids is 1. The van der Waals surface area contributed by atoms with Crippen molar-refractivity contribution in [2.45, 2.75) is 13.0 Å². The van der Waals surface area contributed by atoms with Gasteiger partial charge in [0.15, 0.2) is 11.9 Å². The molecule has 0 aliphatic carbocycles. The minimum absolute atomic E-state index is 0.0956. The zero-order valence-corrected chi connectivity index (χ0v) is 19.7. The van der Waals surface area contributed by atoms with Gasteiger partial charge in [-0.05, 0) is 25.1 Å². The predicted octanol–water partition coefficient (Wildman–Crippen LogP) is 4.47. The molecule has 0 aliphatic heterocycles. The molecule has 0 fully saturated rings. The Hall–Kier alpha value is -4.38. The van der Waals surface area contributed by atoms with Gasteiger partial charge in [0, 0.05) is 21.7 Å². The van der Waals surface area contributed by atoms with Crippen LogP contribution < -0.4 is 10.3 Å². The van der Waals surface area contributed by atoms with Crippen LogP contribution in [-0.2, 0) is 4.79 Å². The van der Waals surface area contributed by atoms with Gasteiger partial charge in [-0.2, -0.15) is 9.78 Å². The number of fused-ring (bicyclic) bond motifs is 1. The minimum atomic E-state index is -1.37. The second-order valence-electron chi connectivity index (χ2n) is 7.38. The van der Waals surface area contributed by atoms with Gasteiger partial charge >= 0.3 is 11.7 Å². The summed E-state index contributed by atoms with van der Waals surface area (Å²) in [4.78, 5) is 40.2. The Balaban J connectivity index is 1.93. The van der Waals surface area contributed by atoms with Crippen LogP contribution in [0.5, 0.6) is 5.75 Å². The van der Waals surface area contributed by atoms with E-state index in [0.29, 0.717) is 20.9 Å². The first-order chi connectivity index (χ1) is 16.8. The summed E-state index contributed by atoms with van der Waals surface area (Å²) in [5.41, 5.74) is 0.305. The summed E-state index contributed by atoms with van der Waals surface area (Å²) in [7, 11) is 0. The second kappa shape index (κ2) is 9.85. The van der Waals surface area contributed by atoms with Crippen LogP contribution in [0.25, 0.3) is 22.3 Å². The third-order valence-corrected chi connectivity index (χ3v) is 5.46. The molecule has 1 aromatic heterocycles. The van der Waals surface area contributed by atoms with E-state index in [1.54, 1.807) is 48.5 Å². The number of hydrogen-bond acceptors (Lipinski definition) is 7. The quantitative estimate of drug-likeness (QED) is 0.209. The molecule has 0 bridgehead atoms. The van der Waals surface area contributed by atoms with Crippen molar-refractivity contribution in [3.05, 3.63) is 97.2 Å². The van der Waals surface area contributed by atoms with E-state index in [2.05, 4.69) is 26.0 Å². The summed E-state index contributed by atoms with van der Waals surface area (Å²) in [6.45, 7) is 1.25. The van der Waals surface area contributed by atoms with E-state index in [0.717, 1.165) is 4.68 Å². The SMILES string of the molecule is C[C@H](Oc1c(C=Nn2c(-c3ccccc3)nc3ccccc3c2=O)cc(Br)cc1[N+](=O)[O-])C(=O)O. The minimum Gasteiger partial charge on any atom is -0.479 e. The Morgan fingerprint density at radius 1 is 1.20 bits per heavy atom. The number of nitro benzene ring substituents is 1. The summed E-state index contributed by atoms with van der Waals surface area (Å²) >= 11 is 3.22. The van der Waals surface area contributed by atoms with E-state index in [9.17, 15) is 24.8 Å². The lowest BCUT2D eigenvalue weighted by atomic mass is 10.2. The van der Waals surface area contributed by atoms with Crippen molar-refractivity contribution in [3.8, 4) is 17.1 Å². The number of aromatic nitrogens is 2. The third-order valence-electron chi connectivity index (χ3n) is 5.00. The van der Waals surface area contributed by atoms with E-state index in [1.165, 1.54) is 25.3 Å². The summed E-state index contributed by atoms with van der Waals surface area (Å²) in [5, 5.41) is 25.5. The van der Waals surface area contributed by atoms with E-state index in [-0.39, 0.29) is 17.1 Å². The largest absolute Gasteiger partial charge is 0.479 e. The zero-order chi connectivity index (χ0) is 25.1. The lowest BCUT2D eigenvalue weighted by molar-refractivity contribution is -0.386. The fourth-order valence-corrected chi connectivity index (χ4v) is 3.78. The molecule has 176 valence electrons. The van der Waals surface area contributed by atoms with E-state index >= 15 is 0 Å². The molecule has 4 aromatic rings. The number of ether oxygens (including phenoxy) is 1. The van der Waals surface area contributed by atoms with Gasteiger partial charge in [-0.25, -0.2) is 9.78 Å². The molecule has 3 aromatic carbocycles. The first-order valence-electron chi connectivity index (χ1n) is 10.2. The average molecular weight is 537 g/mol. The normalized spacial score (nSPS) is 12.1. The van der Waals surface area contributed by atoms with E-state index < -0.39 is 28.2 Å². The molecule has 1 heterocycles. The molecule has 35 heavy (non-hydrogen) atoms. The number of halogens is 1. The van der Waals surface area contributed by atoms with Crippen LogP contribution in [0.3, 0.4) is 0 Å². The Bertz CT molecular complexity index is 1530. The Morgan fingerprint density at radius 2 is 1.89 bits per heavy atom. The van der Waals surface area contributed by atoms with Crippen molar-refractivity contribution in [2.75, 3.05) is 0 Å². The van der Waals surface area contributed by atoms with Gasteiger partial charge in [0.2, 0.25) is 5.75 Å². The number of nitrogens with zero attached hydrogens (tertiary/aromatic N) is 4. The third kappa shape index (κ3) is 4.94. The lowest BCUT2D eigenvalue weighted by Crippen LogP contribution is -2.24. The highest BCUT2D eigenvalue weighted by molar-refractivity contribution is 9.10. The van der Waals surface area contributed by atoms with Gasteiger partial charge < -0.3 is 9.84 Å². The highest BCUT2D eigenvalue weighted by Crippen LogP contribution is 2.34. The van der Waals surface area contributed by atoms with Crippen molar-refractivity contribution >= 4 is 44.7 Å². The van der Waals surface area contributed by atoms with Crippen LogP contribution in [0, 0.1) is 10.1 Å². The number of rotatable bonds is 7. The Morgan fingerprint density at radius 3 is 2.57 bits per heavy atom. The van der Waals surface area contributed by atoms with Crippen LogP contribution in [0.15, 0.2) is 81.1 Å². The van der Waals surface area contributed by atoms with Crippen molar-refractivity contribution in [2.24, 2.45) is 5.10 Å². The first-order valence-corrected chi connectivity index (χ1v) is 11.0. The standard InChI is InChI=1S/C24H17BrN4O6/c1-14(24(31)32)35-21-16(11-17(25)12-20(21)29(33)34)13-26-28-22(15-7-3-2-4-8-15)27-19-10-6-5-9-18(19)23(28)30/h2-14H,1H3,(H,31,32)/t14-/m0/s1. The Labute approximate surface area is 206 Å². The molecule has 11 heteroatoms. The molecule has 0 unspecified atom stereocenters. The topological polar surface area (TPSA) is 137 Å². The number of benzene rings is 3. The molecule has 4 rings (SSSR count). The van der Waals surface area contributed by atoms with E-state index in [4.69, 9.17) is 4.74 Å². The van der Waals surface area contributed by atoms with Gasteiger partial charge in [-0.3, -0.25) is 14.9 Å². The highest BCUT2D eigenvalue weighted by atomic mass is 79.9. The molecule has 0 spiro atoms. The molecule has 0 amide bonds. The molecule has 0 saturated carbocycles. The maximum atomic E-state index is 13.3. The average Bonchev–Trinajstić information content (AvgIpc) is 2.84. The molecule has 0 aliphatic rings. The number of carbonyl (C=O) groups is 1. The van der Waals surface area contributed by atoms with Crippen LogP contribution >= 0.6 is 15.9 Å². The second-order valence-corrected chi connectivity index (χ2v) is 8.29. The number of hydrogen-bond donors (Lipinski definition) is 1. The van der Waals surface area contributed by atoms with E-state index in [1.807, 2.05) is 6.07 Å². The molecular formula is C24H17BrN4O6. The van der Waals surface area contributed by atoms with Crippen molar-refractivity contribution in [1.29, 1.82) is 0 Å². The van der Waals surface area contributed by atoms with Crippen molar-refractivity contribution in [3.63, 3.8) is 0 Å².